The van der Waals surface area contributed by atoms with Crippen LogP contribution < -0.4 is 0 Å². The van der Waals surface area contributed by atoms with Gasteiger partial charge in [0.25, 0.3) is 0 Å². The first-order valence-electron chi connectivity index (χ1n) is 6.09. The second-order valence-electron chi connectivity index (χ2n) is 5.54. The molecule has 2 nitrogen and oxygen atoms in total. The van der Waals surface area contributed by atoms with Crippen LogP contribution in [0.3, 0.4) is 0 Å². The normalized spacial score (nSPS) is 24.1. The summed E-state index contributed by atoms with van der Waals surface area (Å²) in [7, 11) is 0. The van der Waals surface area contributed by atoms with E-state index in [4.69, 9.17) is 0 Å². The third kappa shape index (κ3) is 1.76. The zero-order valence-electron chi connectivity index (χ0n) is 9.45. The number of rotatable bonds is 4. The second kappa shape index (κ2) is 3.31. The number of aliphatic hydroxyl groups excluding tert-OH is 1. The molecule has 2 aliphatic carbocycles. The van der Waals surface area contributed by atoms with Crippen LogP contribution in [0.1, 0.15) is 36.8 Å². The van der Waals surface area contributed by atoms with Gasteiger partial charge in [0.2, 0.25) is 0 Å². The zero-order chi connectivity index (χ0) is 11.2. The van der Waals surface area contributed by atoms with E-state index in [1.807, 2.05) is 0 Å². The lowest BCUT2D eigenvalue weighted by atomic mass is 9.95. The smallest absolute Gasteiger partial charge is 0.0690 e. The lowest BCUT2D eigenvalue weighted by molar-refractivity contribution is 0.151. The maximum Gasteiger partial charge on any atom is 0.0690 e. The molecule has 0 amide bonds. The Morgan fingerprint density at radius 2 is 1.62 bits per heavy atom. The van der Waals surface area contributed by atoms with Gasteiger partial charge in [-0.15, -0.1) is 0 Å². The van der Waals surface area contributed by atoms with E-state index in [9.17, 15) is 10.2 Å². The minimum Gasteiger partial charge on any atom is -0.395 e. The number of aliphatic hydroxyl groups is 2. The predicted octanol–water partition coefficient (Wildman–Crippen LogP) is 1.78. The summed E-state index contributed by atoms with van der Waals surface area (Å²) in [5.74, 6) is 0. The lowest BCUT2D eigenvalue weighted by Gasteiger charge is -2.13. The van der Waals surface area contributed by atoms with Gasteiger partial charge in [0.15, 0.2) is 0 Å². The van der Waals surface area contributed by atoms with Crippen LogP contribution in [-0.4, -0.2) is 22.4 Å². The van der Waals surface area contributed by atoms with Gasteiger partial charge in [0, 0.05) is 11.8 Å². The van der Waals surface area contributed by atoms with Crippen molar-refractivity contribution >= 4 is 0 Å². The summed E-state index contributed by atoms with van der Waals surface area (Å²) in [5.41, 5.74) is 2.11. The third-order valence-corrected chi connectivity index (χ3v) is 4.08. The van der Waals surface area contributed by atoms with E-state index in [2.05, 4.69) is 24.3 Å². The van der Waals surface area contributed by atoms with Crippen molar-refractivity contribution in [1.29, 1.82) is 0 Å². The molecule has 1 aromatic rings. The van der Waals surface area contributed by atoms with Gasteiger partial charge in [0.05, 0.1) is 12.2 Å². The molecule has 0 radical (unpaired) electrons. The van der Waals surface area contributed by atoms with Crippen molar-refractivity contribution in [3.05, 3.63) is 35.4 Å². The fraction of sp³-hybridized carbons (Fsp3) is 0.571. The summed E-state index contributed by atoms with van der Waals surface area (Å²) < 4.78 is 0. The van der Waals surface area contributed by atoms with Gasteiger partial charge < -0.3 is 10.2 Å². The van der Waals surface area contributed by atoms with Crippen molar-refractivity contribution < 1.29 is 10.2 Å². The molecule has 1 aromatic carbocycles. The molecule has 2 N–H and O–H groups in total. The predicted molar refractivity (Wildman–Crippen MR) is 62.3 cm³/mol. The van der Waals surface area contributed by atoms with Gasteiger partial charge in [-0.1, -0.05) is 24.3 Å². The van der Waals surface area contributed by atoms with Gasteiger partial charge in [-0.05, 0) is 36.8 Å². The number of hydrogen-bond acceptors (Lipinski definition) is 2. The van der Waals surface area contributed by atoms with Crippen molar-refractivity contribution in [1.82, 2.24) is 0 Å². The lowest BCUT2D eigenvalue weighted by Crippen LogP contribution is -2.13. The Bertz CT molecular complexity index is 386. The molecule has 0 saturated heterocycles. The van der Waals surface area contributed by atoms with Crippen LogP contribution in [0.5, 0.6) is 0 Å². The largest absolute Gasteiger partial charge is 0.395 e. The second-order valence-corrected chi connectivity index (χ2v) is 5.54. The summed E-state index contributed by atoms with van der Waals surface area (Å²) in [6.07, 6.45) is 4.86. The topological polar surface area (TPSA) is 40.5 Å². The SMILES string of the molecule is OCC1(c2ccc(CC3(O)CC3)cc2)CC1. The van der Waals surface area contributed by atoms with E-state index in [0.29, 0.717) is 0 Å². The van der Waals surface area contributed by atoms with Gasteiger partial charge in [-0.2, -0.15) is 0 Å². The fourth-order valence-electron chi connectivity index (χ4n) is 2.37. The van der Waals surface area contributed by atoms with Crippen molar-refractivity contribution in [2.24, 2.45) is 0 Å². The Morgan fingerprint density at radius 3 is 2.06 bits per heavy atom. The average Bonchev–Trinajstić information content (AvgIpc) is 3.18. The highest BCUT2D eigenvalue weighted by atomic mass is 16.3. The minimum atomic E-state index is -0.407. The molecule has 0 unspecified atom stereocenters. The summed E-state index contributed by atoms with van der Waals surface area (Å²) in [6.45, 7) is 0.260. The first-order valence-corrected chi connectivity index (χ1v) is 6.09. The molecule has 2 heteroatoms. The minimum absolute atomic E-state index is 0.0645. The van der Waals surface area contributed by atoms with E-state index in [0.717, 1.165) is 32.1 Å². The molecule has 2 fully saturated rings. The molecular formula is C14H18O2. The first kappa shape index (κ1) is 10.3. The fourth-order valence-corrected chi connectivity index (χ4v) is 2.37. The molecule has 0 aliphatic heterocycles. The molecule has 0 heterocycles. The maximum absolute atomic E-state index is 9.83. The average molecular weight is 218 g/mol. The third-order valence-electron chi connectivity index (χ3n) is 4.08. The molecule has 0 bridgehead atoms. The molecule has 0 aromatic heterocycles. The summed E-state index contributed by atoms with van der Waals surface area (Å²) in [5, 5.41) is 19.2. The quantitative estimate of drug-likeness (QED) is 0.808. The Hall–Kier alpha value is -0.860. The molecule has 0 spiro atoms. The molecular weight excluding hydrogens is 200 g/mol. The van der Waals surface area contributed by atoms with Gasteiger partial charge in [0.1, 0.15) is 0 Å². The van der Waals surface area contributed by atoms with Gasteiger partial charge in [-0.25, -0.2) is 0 Å². The number of benzene rings is 1. The van der Waals surface area contributed by atoms with Crippen LogP contribution in [0.15, 0.2) is 24.3 Å². The van der Waals surface area contributed by atoms with Gasteiger partial charge >= 0.3 is 0 Å². The summed E-state index contributed by atoms with van der Waals surface area (Å²) in [4.78, 5) is 0. The Balaban J connectivity index is 1.75. The highest BCUT2D eigenvalue weighted by Crippen LogP contribution is 2.47. The standard InChI is InChI=1S/C14H18O2/c15-10-13(5-6-13)12-3-1-11(2-4-12)9-14(16)7-8-14/h1-4,15-16H,5-10H2. The van der Waals surface area contributed by atoms with E-state index < -0.39 is 5.60 Å². The molecule has 2 aliphatic rings. The van der Waals surface area contributed by atoms with E-state index >= 15 is 0 Å². The molecule has 86 valence electrons. The molecule has 16 heavy (non-hydrogen) atoms. The van der Waals surface area contributed by atoms with Crippen molar-refractivity contribution in [2.75, 3.05) is 6.61 Å². The van der Waals surface area contributed by atoms with Crippen molar-refractivity contribution in [2.45, 2.75) is 43.1 Å². The molecule has 0 atom stereocenters. The van der Waals surface area contributed by atoms with Crippen molar-refractivity contribution in [3.8, 4) is 0 Å². The van der Waals surface area contributed by atoms with Crippen LogP contribution in [0, 0.1) is 0 Å². The monoisotopic (exact) mass is 218 g/mol. The van der Waals surface area contributed by atoms with Crippen LogP contribution >= 0.6 is 0 Å². The Labute approximate surface area is 95.9 Å². The highest BCUT2D eigenvalue weighted by molar-refractivity contribution is 5.34. The van der Waals surface area contributed by atoms with Crippen molar-refractivity contribution in [3.63, 3.8) is 0 Å². The van der Waals surface area contributed by atoms with Gasteiger partial charge in [-0.3, -0.25) is 0 Å². The van der Waals surface area contributed by atoms with Crippen LogP contribution in [0.25, 0.3) is 0 Å². The van der Waals surface area contributed by atoms with Crippen LogP contribution in [0.4, 0.5) is 0 Å². The van der Waals surface area contributed by atoms with E-state index in [1.165, 1.54) is 11.1 Å². The first-order chi connectivity index (χ1) is 7.66. The number of hydrogen-bond donors (Lipinski definition) is 2. The summed E-state index contributed by atoms with van der Waals surface area (Å²) in [6, 6.07) is 8.43. The van der Waals surface area contributed by atoms with E-state index in [-0.39, 0.29) is 12.0 Å². The van der Waals surface area contributed by atoms with Crippen LogP contribution in [0.2, 0.25) is 0 Å². The Morgan fingerprint density at radius 1 is 1.00 bits per heavy atom. The highest BCUT2D eigenvalue weighted by Gasteiger charge is 2.44. The maximum atomic E-state index is 9.83. The molecule has 3 rings (SSSR count). The van der Waals surface area contributed by atoms with Crippen LogP contribution in [-0.2, 0) is 11.8 Å². The molecule has 2 saturated carbocycles. The van der Waals surface area contributed by atoms with E-state index in [1.54, 1.807) is 0 Å². The summed E-state index contributed by atoms with van der Waals surface area (Å²) >= 11 is 0. The zero-order valence-corrected chi connectivity index (χ0v) is 9.45. The Kier molecular flexibility index (Phi) is 2.13.